The molecule has 0 aliphatic rings. The van der Waals surface area contributed by atoms with Gasteiger partial charge in [0.05, 0.1) is 6.07 Å². The first-order valence-electron chi connectivity index (χ1n) is 6.84. The van der Waals surface area contributed by atoms with E-state index in [4.69, 9.17) is 0 Å². The predicted molar refractivity (Wildman–Crippen MR) is 87.0 cm³/mol. The van der Waals surface area contributed by atoms with Crippen LogP contribution in [0.5, 0.6) is 0 Å². The number of rotatable bonds is 5. The third-order valence-electron chi connectivity index (χ3n) is 3.56. The molecule has 0 bridgehead atoms. The molecule has 0 fully saturated rings. The molecule has 0 heterocycles. The Kier molecular flexibility index (Phi) is 5.30. The largest absolute Gasteiger partial charge is 0.298 e. The zero-order valence-electron chi connectivity index (χ0n) is 11.8. The van der Waals surface area contributed by atoms with Gasteiger partial charge >= 0.3 is 0 Å². The highest BCUT2D eigenvalue weighted by molar-refractivity contribution is 9.10. The van der Waals surface area contributed by atoms with Gasteiger partial charge < -0.3 is 0 Å². The summed E-state index contributed by atoms with van der Waals surface area (Å²) < 4.78 is 0.940. The molecule has 0 aliphatic carbocycles. The van der Waals surface area contributed by atoms with Crippen molar-refractivity contribution in [3.63, 3.8) is 0 Å². The monoisotopic (exact) mass is 341 g/mol. The van der Waals surface area contributed by atoms with Gasteiger partial charge in [0.2, 0.25) is 0 Å². The zero-order valence-corrected chi connectivity index (χ0v) is 13.4. The van der Waals surface area contributed by atoms with Crippen molar-refractivity contribution in [2.75, 3.05) is 0 Å². The average Bonchev–Trinajstić information content (AvgIpc) is 2.49. The Morgan fingerprint density at radius 3 is 2.48 bits per heavy atom. The van der Waals surface area contributed by atoms with Crippen LogP contribution in [0.25, 0.3) is 0 Å². The summed E-state index contributed by atoms with van der Waals surface area (Å²) in [5.74, 6) is -0.704. The van der Waals surface area contributed by atoms with Crippen molar-refractivity contribution < 1.29 is 4.79 Å². The molecule has 0 spiro atoms. The van der Waals surface area contributed by atoms with Crippen LogP contribution >= 0.6 is 15.9 Å². The quantitative estimate of drug-likeness (QED) is 0.799. The first-order chi connectivity index (χ1) is 10.1. The van der Waals surface area contributed by atoms with E-state index in [2.05, 4.69) is 22.0 Å². The van der Waals surface area contributed by atoms with E-state index in [-0.39, 0.29) is 5.78 Å². The number of ketones is 1. The molecule has 106 valence electrons. The lowest BCUT2D eigenvalue weighted by Gasteiger charge is -2.10. The Hall–Kier alpha value is -1.92. The molecule has 2 rings (SSSR count). The van der Waals surface area contributed by atoms with E-state index in [9.17, 15) is 10.1 Å². The van der Waals surface area contributed by atoms with Crippen LogP contribution in [0, 0.1) is 18.3 Å². The Labute approximate surface area is 133 Å². The minimum absolute atomic E-state index is 0.0249. The van der Waals surface area contributed by atoms with E-state index in [0.29, 0.717) is 12.8 Å². The van der Waals surface area contributed by atoms with Crippen LogP contribution in [0.3, 0.4) is 0 Å². The van der Waals surface area contributed by atoms with Gasteiger partial charge in [-0.1, -0.05) is 52.3 Å². The molecule has 0 amide bonds. The number of aryl methyl sites for hydroxylation is 2. The second kappa shape index (κ2) is 7.19. The third kappa shape index (κ3) is 4.03. The van der Waals surface area contributed by atoms with E-state index in [1.807, 2.05) is 55.5 Å². The van der Waals surface area contributed by atoms with E-state index in [1.165, 1.54) is 11.1 Å². The van der Waals surface area contributed by atoms with Crippen molar-refractivity contribution in [3.05, 3.63) is 69.7 Å². The standard InChI is InChI=1S/C18H16BrNO/c1-13-4-2-3-5-14(13)8-11-18(21)17(12-20)15-6-9-16(19)10-7-15/h2-7,9-10,17H,8,11H2,1H3. The maximum atomic E-state index is 12.3. The molecule has 0 N–H and O–H groups in total. The lowest BCUT2D eigenvalue weighted by Crippen LogP contribution is -2.12. The Morgan fingerprint density at radius 1 is 1.19 bits per heavy atom. The maximum absolute atomic E-state index is 12.3. The number of halogens is 1. The fraction of sp³-hybridized carbons (Fsp3) is 0.222. The van der Waals surface area contributed by atoms with Crippen LogP contribution in [0.2, 0.25) is 0 Å². The summed E-state index contributed by atoms with van der Waals surface area (Å²) in [5.41, 5.74) is 3.11. The van der Waals surface area contributed by atoms with Gasteiger partial charge in [0, 0.05) is 10.9 Å². The summed E-state index contributed by atoms with van der Waals surface area (Å²) in [6.07, 6.45) is 1.07. The number of benzene rings is 2. The normalized spacial score (nSPS) is 11.7. The highest BCUT2D eigenvalue weighted by Crippen LogP contribution is 2.21. The molecule has 1 unspecified atom stereocenters. The summed E-state index contributed by atoms with van der Waals surface area (Å²) in [5, 5.41) is 9.29. The number of hydrogen-bond donors (Lipinski definition) is 0. The molecule has 21 heavy (non-hydrogen) atoms. The number of nitrogens with zero attached hydrogens (tertiary/aromatic N) is 1. The summed E-state index contributed by atoms with van der Waals surface area (Å²) in [6, 6.07) is 17.5. The van der Waals surface area contributed by atoms with Gasteiger partial charge in [-0.15, -0.1) is 0 Å². The van der Waals surface area contributed by atoms with Gasteiger partial charge in [-0.3, -0.25) is 4.79 Å². The summed E-state index contributed by atoms with van der Waals surface area (Å²) >= 11 is 3.35. The number of carbonyl (C=O) groups excluding carboxylic acids is 1. The molecule has 2 nitrogen and oxygen atoms in total. The number of Topliss-reactive ketones (excluding diaryl/α,β-unsaturated/α-hetero) is 1. The summed E-state index contributed by atoms with van der Waals surface area (Å²) in [7, 11) is 0. The number of nitriles is 1. The molecule has 0 aliphatic heterocycles. The minimum atomic E-state index is -0.679. The molecule has 2 aromatic rings. The zero-order chi connectivity index (χ0) is 15.2. The van der Waals surface area contributed by atoms with E-state index < -0.39 is 5.92 Å². The second-order valence-electron chi connectivity index (χ2n) is 5.01. The topological polar surface area (TPSA) is 40.9 Å². The van der Waals surface area contributed by atoms with Crippen LogP contribution in [0.1, 0.15) is 29.0 Å². The summed E-state index contributed by atoms with van der Waals surface area (Å²) in [4.78, 5) is 12.3. The molecular formula is C18H16BrNO. The van der Waals surface area contributed by atoms with Crippen LogP contribution in [-0.2, 0) is 11.2 Å². The van der Waals surface area contributed by atoms with Crippen LogP contribution in [-0.4, -0.2) is 5.78 Å². The van der Waals surface area contributed by atoms with Gasteiger partial charge in [0.25, 0.3) is 0 Å². The van der Waals surface area contributed by atoms with Crippen molar-refractivity contribution in [3.8, 4) is 6.07 Å². The van der Waals surface area contributed by atoms with Crippen molar-refractivity contribution in [1.29, 1.82) is 5.26 Å². The Morgan fingerprint density at radius 2 is 1.86 bits per heavy atom. The third-order valence-corrected chi connectivity index (χ3v) is 4.09. The highest BCUT2D eigenvalue weighted by atomic mass is 79.9. The number of hydrogen-bond acceptors (Lipinski definition) is 2. The van der Waals surface area contributed by atoms with Gasteiger partial charge in [0.1, 0.15) is 5.92 Å². The Bertz CT molecular complexity index is 670. The average molecular weight is 342 g/mol. The van der Waals surface area contributed by atoms with Gasteiger partial charge in [-0.25, -0.2) is 0 Å². The molecule has 0 saturated carbocycles. The summed E-state index contributed by atoms with van der Waals surface area (Å²) in [6.45, 7) is 2.04. The van der Waals surface area contributed by atoms with E-state index >= 15 is 0 Å². The fourth-order valence-corrected chi connectivity index (χ4v) is 2.54. The predicted octanol–water partition coefficient (Wildman–Crippen LogP) is 4.57. The van der Waals surface area contributed by atoms with Crippen molar-refractivity contribution in [1.82, 2.24) is 0 Å². The second-order valence-corrected chi connectivity index (χ2v) is 5.92. The van der Waals surface area contributed by atoms with Gasteiger partial charge in [0.15, 0.2) is 5.78 Å². The molecule has 2 aromatic carbocycles. The lowest BCUT2D eigenvalue weighted by molar-refractivity contribution is -0.119. The molecule has 0 radical (unpaired) electrons. The first kappa shape index (κ1) is 15.5. The van der Waals surface area contributed by atoms with Crippen molar-refractivity contribution in [2.24, 2.45) is 0 Å². The van der Waals surface area contributed by atoms with Crippen LogP contribution < -0.4 is 0 Å². The molecule has 0 aromatic heterocycles. The van der Waals surface area contributed by atoms with Crippen LogP contribution in [0.15, 0.2) is 53.0 Å². The molecular weight excluding hydrogens is 326 g/mol. The Balaban J connectivity index is 2.06. The molecule has 3 heteroatoms. The van der Waals surface area contributed by atoms with Crippen LogP contribution in [0.4, 0.5) is 0 Å². The van der Waals surface area contributed by atoms with E-state index in [0.717, 1.165) is 10.0 Å². The molecule has 0 saturated heterocycles. The van der Waals surface area contributed by atoms with Gasteiger partial charge in [-0.2, -0.15) is 5.26 Å². The number of carbonyl (C=O) groups is 1. The van der Waals surface area contributed by atoms with Gasteiger partial charge in [-0.05, 0) is 42.2 Å². The van der Waals surface area contributed by atoms with Crippen molar-refractivity contribution in [2.45, 2.75) is 25.7 Å². The smallest absolute Gasteiger partial charge is 0.154 e. The lowest BCUT2D eigenvalue weighted by atomic mass is 9.92. The van der Waals surface area contributed by atoms with Crippen molar-refractivity contribution >= 4 is 21.7 Å². The first-order valence-corrected chi connectivity index (χ1v) is 7.63. The highest BCUT2D eigenvalue weighted by Gasteiger charge is 2.19. The minimum Gasteiger partial charge on any atom is -0.298 e. The fourth-order valence-electron chi connectivity index (χ4n) is 2.28. The maximum Gasteiger partial charge on any atom is 0.154 e. The SMILES string of the molecule is Cc1ccccc1CCC(=O)C(C#N)c1ccc(Br)cc1. The molecule has 1 atom stereocenters. The van der Waals surface area contributed by atoms with E-state index in [1.54, 1.807) is 0 Å².